The Balaban J connectivity index is 2.09. The molecule has 0 atom stereocenters. The van der Waals surface area contributed by atoms with Crippen LogP contribution in [0.5, 0.6) is 0 Å². The van der Waals surface area contributed by atoms with Crippen molar-refractivity contribution in [2.45, 2.75) is 26.4 Å². The smallest absolute Gasteiger partial charge is 0.247 e. The first-order valence-corrected chi connectivity index (χ1v) is 7.95. The van der Waals surface area contributed by atoms with E-state index < -0.39 is 0 Å². The number of benzene rings is 1. The van der Waals surface area contributed by atoms with Crippen molar-refractivity contribution in [2.75, 3.05) is 37.4 Å². The zero-order valence-electron chi connectivity index (χ0n) is 14.4. The molecule has 1 N–H and O–H groups in total. The lowest BCUT2D eigenvalue weighted by Gasteiger charge is -2.26. The second-order valence-electron chi connectivity index (χ2n) is 6.08. The summed E-state index contributed by atoms with van der Waals surface area (Å²) in [6.45, 7) is 6.81. The van der Waals surface area contributed by atoms with Gasteiger partial charge in [0.15, 0.2) is 5.82 Å². The quantitative estimate of drug-likeness (QED) is 0.806. The minimum atomic E-state index is 0.286. The van der Waals surface area contributed by atoms with Crippen LogP contribution in [0.1, 0.15) is 19.4 Å². The van der Waals surface area contributed by atoms with E-state index in [-0.39, 0.29) is 6.04 Å². The molecule has 0 fully saturated rings. The molecular weight excluding hydrogens is 288 g/mol. The van der Waals surface area contributed by atoms with Gasteiger partial charge in [-0.1, -0.05) is 30.3 Å². The molecule has 124 valence electrons. The average molecular weight is 314 g/mol. The van der Waals surface area contributed by atoms with Gasteiger partial charge in [0.2, 0.25) is 5.95 Å². The van der Waals surface area contributed by atoms with Crippen LogP contribution in [-0.2, 0) is 6.54 Å². The predicted molar refractivity (Wildman–Crippen MR) is 94.6 cm³/mol. The Labute approximate surface area is 138 Å². The van der Waals surface area contributed by atoms with Crippen molar-refractivity contribution in [1.82, 2.24) is 20.1 Å². The molecule has 2 rings (SSSR count). The first kappa shape index (κ1) is 17.1. The summed E-state index contributed by atoms with van der Waals surface area (Å²) in [6, 6.07) is 10.6. The lowest BCUT2D eigenvalue weighted by atomic mass is 10.2. The Hall–Kier alpha value is -2.21. The second-order valence-corrected chi connectivity index (χ2v) is 6.08. The maximum absolute atomic E-state index is 4.61. The van der Waals surface area contributed by atoms with Gasteiger partial charge in [-0.3, -0.25) is 0 Å². The zero-order chi connectivity index (χ0) is 16.7. The molecular formula is C17H26N6. The molecule has 0 saturated carbocycles. The van der Waals surface area contributed by atoms with Gasteiger partial charge in [0.25, 0.3) is 0 Å². The minimum absolute atomic E-state index is 0.286. The maximum Gasteiger partial charge on any atom is 0.247 e. The van der Waals surface area contributed by atoms with E-state index in [1.54, 1.807) is 6.20 Å². The number of hydrogen-bond donors (Lipinski definition) is 1. The second kappa shape index (κ2) is 8.43. The Morgan fingerprint density at radius 2 is 1.87 bits per heavy atom. The summed E-state index contributed by atoms with van der Waals surface area (Å²) in [5, 5.41) is 11.6. The van der Waals surface area contributed by atoms with Crippen LogP contribution in [0, 0.1) is 0 Å². The van der Waals surface area contributed by atoms with Crippen LogP contribution in [0.25, 0.3) is 0 Å². The van der Waals surface area contributed by atoms with Crippen LogP contribution in [-0.4, -0.2) is 53.3 Å². The normalized spacial score (nSPS) is 11.0. The summed E-state index contributed by atoms with van der Waals surface area (Å²) in [6.07, 6.45) is 1.67. The highest BCUT2D eigenvalue weighted by molar-refractivity contribution is 5.40. The van der Waals surface area contributed by atoms with Crippen LogP contribution >= 0.6 is 0 Å². The fourth-order valence-electron chi connectivity index (χ4n) is 2.17. The molecule has 1 heterocycles. The van der Waals surface area contributed by atoms with Gasteiger partial charge in [-0.05, 0) is 33.5 Å². The van der Waals surface area contributed by atoms with E-state index in [1.807, 2.05) is 32.3 Å². The molecule has 0 amide bonds. The third-order valence-electron chi connectivity index (χ3n) is 3.49. The van der Waals surface area contributed by atoms with E-state index in [9.17, 15) is 0 Å². The SMILES string of the molecule is CC(C)N(Cc1ccccc1)c1nncc(NCCN(C)C)n1. The number of rotatable bonds is 8. The number of hydrogen-bond acceptors (Lipinski definition) is 6. The molecule has 1 aromatic heterocycles. The summed E-state index contributed by atoms with van der Waals surface area (Å²) >= 11 is 0. The van der Waals surface area contributed by atoms with Crippen LogP contribution in [0.2, 0.25) is 0 Å². The molecule has 0 saturated heterocycles. The molecule has 0 spiro atoms. The van der Waals surface area contributed by atoms with Gasteiger partial charge in [-0.25, -0.2) is 0 Å². The lowest BCUT2D eigenvalue weighted by Crippen LogP contribution is -2.32. The summed E-state index contributed by atoms with van der Waals surface area (Å²) < 4.78 is 0. The molecule has 23 heavy (non-hydrogen) atoms. The Morgan fingerprint density at radius 3 is 2.52 bits per heavy atom. The number of aromatic nitrogens is 3. The molecule has 0 aliphatic carbocycles. The minimum Gasteiger partial charge on any atom is -0.367 e. The topological polar surface area (TPSA) is 57.2 Å². The highest BCUT2D eigenvalue weighted by Crippen LogP contribution is 2.16. The first-order valence-electron chi connectivity index (χ1n) is 7.95. The molecule has 0 aliphatic heterocycles. The lowest BCUT2D eigenvalue weighted by molar-refractivity contribution is 0.425. The monoisotopic (exact) mass is 314 g/mol. The molecule has 0 aliphatic rings. The summed E-state index contributed by atoms with van der Waals surface area (Å²) in [7, 11) is 4.09. The third-order valence-corrected chi connectivity index (χ3v) is 3.49. The van der Waals surface area contributed by atoms with Gasteiger partial charge in [0.1, 0.15) is 0 Å². The van der Waals surface area contributed by atoms with Crippen molar-refractivity contribution in [3.8, 4) is 0 Å². The number of likely N-dealkylation sites (N-methyl/N-ethyl adjacent to an activating group) is 1. The summed E-state index contributed by atoms with van der Waals surface area (Å²) in [4.78, 5) is 8.89. The van der Waals surface area contributed by atoms with E-state index >= 15 is 0 Å². The van der Waals surface area contributed by atoms with Gasteiger partial charge in [-0.2, -0.15) is 10.1 Å². The maximum atomic E-state index is 4.61. The fourth-order valence-corrected chi connectivity index (χ4v) is 2.17. The predicted octanol–water partition coefficient (Wildman–Crippen LogP) is 2.26. The molecule has 2 aromatic rings. The number of nitrogens with zero attached hydrogens (tertiary/aromatic N) is 5. The van der Waals surface area contributed by atoms with Gasteiger partial charge >= 0.3 is 0 Å². The molecule has 0 unspecified atom stereocenters. The number of anilines is 2. The van der Waals surface area contributed by atoms with Crippen LogP contribution in [0.3, 0.4) is 0 Å². The van der Waals surface area contributed by atoms with E-state index in [1.165, 1.54) is 5.56 Å². The van der Waals surface area contributed by atoms with Gasteiger partial charge < -0.3 is 15.1 Å². The molecule has 1 aromatic carbocycles. The Bertz CT molecular complexity index is 585. The van der Waals surface area contributed by atoms with Gasteiger partial charge in [-0.15, -0.1) is 5.10 Å². The van der Waals surface area contributed by atoms with Gasteiger partial charge in [0, 0.05) is 25.7 Å². The van der Waals surface area contributed by atoms with E-state index in [0.717, 1.165) is 25.5 Å². The standard InChI is InChI=1S/C17H26N6/c1-14(2)23(13-15-8-6-5-7-9-15)17-20-16(12-19-21-17)18-10-11-22(3)4/h5-9,12,14H,10-11,13H2,1-4H3,(H,18,20,21). The van der Waals surface area contributed by atoms with Crippen LogP contribution in [0.15, 0.2) is 36.5 Å². The summed E-state index contributed by atoms with van der Waals surface area (Å²) in [5.41, 5.74) is 1.23. The molecule has 0 radical (unpaired) electrons. The number of nitrogens with one attached hydrogen (secondary N) is 1. The van der Waals surface area contributed by atoms with Crippen molar-refractivity contribution < 1.29 is 0 Å². The van der Waals surface area contributed by atoms with E-state index in [0.29, 0.717) is 5.95 Å². The van der Waals surface area contributed by atoms with Gasteiger partial charge in [0.05, 0.1) is 6.20 Å². The largest absolute Gasteiger partial charge is 0.367 e. The van der Waals surface area contributed by atoms with Crippen molar-refractivity contribution in [2.24, 2.45) is 0 Å². The van der Waals surface area contributed by atoms with E-state index in [4.69, 9.17) is 0 Å². The molecule has 6 nitrogen and oxygen atoms in total. The van der Waals surface area contributed by atoms with Crippen molar-refractivity contribution in [3.63, 3.8) is 0 Å². The van der Waals surface area contributed by atoms with Crippen molar-refractivity contribution in [3.05, 3.63) is 42.1 Å². The Kier molecular flexibility index (Phi) is 6.29. The highest BCUT2D eigenvalue weighted by atomic mass is 15.3. The first-order chi connectivity index (χ1) is 11.1. The molecule has 6 heteroatoms. The van der Waals surface area contributed by atoms with Crippen molar-refractivity contribution in [1.29, 1.82) is 0 Å². The van der Waals surface area contributed by atoms with E-state index in [2.05, 4.69) is 56.3 Å². The zero-order valence-corrected chi connectivity index (χ0v) is 14.4. The fraction of sp³-hybridized carbons (Fsp3) is 0.471. The average Bonchev–Trinajstić information content (AvgIpc) is 2.53. The molecule has 0 bridgehead atoms. The van der Waals surface area contributed by atoms with Crippen LogP contribution in [0.4, 0.5) is 11.8 Å². The highest BCUT2D eigenvalue weighted by Gasteiger charge is 2.15. The summed E-state index contributed by atoms with van der Waals surface area (Å²) in [5.74, 6) is 1.41. The van der Waals surface area contributed by atoms with Crippen molar-refractivity contribution >= 4 is 11.8 Å². The van der Waals surface area contributed by atoms with Crippen LogP contribution < -0.4 is 10.2 Å². The third kappa shape index (κ3) is 5.49. The Morgan fingerprint density at radius 1 is 1.13 bits per heavy atom.